The number of allylic oxidation sites excluding steroid dienone is 1. The molecule has 0 aromatic rings. The Morgan fingerprint density at radius 1 is 1.53 bits per heavy atom. The molecule has 0 rings (SSSR count). The zero-order chi connectivity index (χ0) is 13.4. The van der Waals surface area contributed by atoms with Crippen LogP contribution in [0.4, 0.5) is 0 Å². The van der Waals surface area contributed by atoms with Gasteiger partial charge in [-0.05, 0) is 12.5 Å². The van der Waals surface area contributed by atoms with Crippen LogP contribution in [0.25, 0.3) is 0 Å². The van der Waals surface area contributed by atoms with E-state index in [1.54, 1.807) is 13.0 Å². The van der Waals surface area contributed by atoms with E-state index < -0.39 is 28.7 Å². The Hall–Kier alpha value is -1.43. The summed E-state index contributed by atoms with van der Waals surface area (Å²) in [5, 5.41) is 11.3. The number of carboxylic acid groups (broad SMARTS) is 1. The molecule has 2 atom stereocenters. The van der Waals surface area contributed by atoms with E-state index in [9.17, 15) is 13.8 Å². The predicted molar refractivity (Wildman–Crippen MR) is 67.1 cm³/mol. The first kappa shape index (κ1) is 15.6. The number of carbonyl (C=O) groups excluding carboxylic acids is 1. The van der Waals surface area contributed by atoms with E-state index in [1.807, 2.05) is 0 Å². The van der Waals surface area contributed by atoms with Crippen molar-refractivity contribution in [2.75, 3.05) is 12.0 Å². The van der Waals surface area contributed by atoms with Gasteiger partial charge in [0.15, 0.2) is 0 Å². The number of nitrogens with one attached hydrogen (secondary N) is 1. The Labute approximate surface area is 103 Å². The SMILES string of the molecule is C=C/C(=C\C)C(CC(=O)O)NC(=O)CS(C)=O. The van der Waals surface area contributed by atoms with Gasteiger partial charge in [0.25, 0.3) is 0 Å². The second-order valence-electron chi connectivity index (χ2n) is 3.43. The first-order valence-electron chi connectivity index (χ1n) is 5.00. The number of aliphatic carboxylic acids is 1. The molecule has 0 bridgehead atoms. The van der Waals surface area contributed by atoms with Crippen molar-refractivity contribution in [1.82, 2.24) is 5.32 Å². The number of rotatable bonds is 7. The fourth-order valence-electron chi connectivity index (χ4n) is 1.31. The van der Waals surface area contributed by atoms with E-state index in [1.165, 1.54) is 12.3 Å². The average Bonchev–Trinajstić information content (AvgIpc) is 2.16. The number of carbonyl (C=O) groups is 2. The molecule has 1 amide bonds. The maximum absolute atomic E-state index is 11.4. The Balaban J connectivity index is 4.70. The lowest BCUT2D eigenvalue weighted by Gasteiger charge is -2.17. The Bertz CT molecular complexity index is 362. The van der Waals surface area contributed by atoms with E-state index in [0.717, 1.165) is 0 Å². The summed E-state index contributed by atoms with van der Waals surface area (Å²) in [4.78, 5) is 22.1. The minimum absolute atomic E-state index is 0.135. The maximum Gasteiger partial charge on any atom is 0.305 e. The summed E-state index contributed by atoms with van der Waals surface area (Å²) >= 11 is 0. The van der Waals surface area contributed by atoms with Crippen LogP contribution in [0.1, 0.15) is 13.3 Å². The van der Waals surface area contributed by atoms with E-state index >= 15 is 0 Å². The lowest BCUT2D eigenvalue weighted by molar-refractivity contribution is -0.137. The minimum Gasteiger partial charge on any atom is -0.481 e. The highest BCUT2D eigenvalue weighted by Gasteiger charge is 2.18. The molecule has 0 aromatic heterocycles. The van der Waals surface area contributed by atoms with Crippen LogP contribution in [0.15, 0.2) is 24.3 Å². The molecule has 5 nitrogen and oxygen atoms in total. The molecule has 0 saturated heterocycles. The first-order chi connectivity index (χ1) is 7.90. The normalized spacial score (nSPS) is 14.8. The van der Waals surface area contributed by atoms with E-state index in [-0.39, 0.29) is 12.2 Å². The van der Waals surface area contributed by atoms with Crippen molar-refractivity contribution >= 4 is 22.7 Å². The molecular weight excluding hydrogens is 242 g/mol. The van der Waals surface area contributed by atoms with Gasteiger partial charge in [-0.2, -0.15) is 0 Å². The van der Waals surface area contributed by atoms with E-state index in [4.69, 9.17) is 5.11 Å². The van der Waals surface area contributed by atoms with E-state index in [2.05, 4.69) is 11.9 Å². The molecule has 2 N–H and O–H groups in total. The number of hydrogen-bond acceptors (Lipinski definition) is 3. The molecule has 0 aliphatic rings. The van der Waals surface area contributed by atoms with Crippen LogP contribution in [-0.2, 0) is 20.4 Å². The van der Waals surface area contributed by atoms with Crippen LogP contribution in [0, 0.1) is 0 Å². The monoisotopic (exact) mass is 259 g/mol. The summed E-state index contributed by atoms with van der Waals surface area (Å²) in [6.07, 6.45) is 4.37. The molecule has 6 heteroatoms. The van der Waals surface area contributed by atoms with Crippen molar-refractivity contribution in [3.05, 3.63) is 24.3 Å². The zero-order valence-electron chi connectivity index (χ0n) is 9.93. The molecule has 0 aromatic carbocycles. The van der Waals surface area contributed by atoms with Crippen molar-refractivity contribution in [2.24, 2.45) is 0 Å². The molecule has 2 unspecified atom stereocenters. The molecule has 0 aliphatic carbocycles. The lowest BCUT2D eigenvalue weighted by atomic mass is 10.0. The Morgan fingerprint density at radius 3 is 2.47 bits per heavy atom. The molecule has 0 spiro atoms. The van der Waals surface area contributed by atoms with Crippen molar-refractivity contribution in [3.63, 3.8) is 0 Å². The summed E-state index contributed by atoms with van der Waals surface area (Å²) in [5.74, 6) is -1.59. The van der Waals surface area contributed by atoms with Crippen molar-refractivity contribution < 1.29 is 18.9 Å². The standard InChI is InChI=1S/C11H17NO4S/c1-4-8(5-2)9(6-11(14)15)12-10(13)7-17(3)16/h4-5,9H,1,6-7H2,2-3H3,(H,12,13)(H,14,15)/b8-5+. The minimum atomic E-state index is -1.25. The first-order valence-corrected chi connectivity index (χ1v) is 6.73. The summed E-state index contributed by atoms with van der Waals surface area (Å²) in [6, 6.07) is -0.633. The summed E-state index contributed by atoms with van der Waals surface area (Å²) < 4.78 is 10.9. The van der Waals surface area contributed by atoms with Crippen LogP contribution in [0.3, 0.4) is 0 Å². The van der Waals surface area contributed by atoms with Gasteiger partial charge in [-0.25, -0.2) is 0 Å². The quantitative estimate of drug-likeness (QED) is 0.650. The molecule has 0 aliphatic heterocycles. The summed E-state index contributed by atoms with van der Waals surface area (Å²) in [5.41, 5.74) is 0.627. The second-order valence-corrected chi connectivity index (χ2v) is 4.86. The van der Waals surface area contributed by atoms with Crippen molar-refractivity contribution in [3.8, 4) is 0 Å². The fraction of sp³-hybridized carbons (Fsp3) is 0.455. The number of carboxylic acids is 1. The van der Waals surface area contributed by atoms with Gasteiger partial charge in [0.1, 0.15) is 5.75 Å². The maximum atomic E-state index is 11.4. The fourth-order valence-corrected chi connectivity index (χ4v) is 1.76. The van der Waals surface area contributed by atoms with Crippen molar-refractivity contribution in [1.29, 1.82) is 0 Å². The molecule has 0 radical (unpaired) electrons. The largest absolute Gasteiger partial charge is 0.481 e. The number of amides is 1. The van der Waals surface area contributed by atoms with Crippen LogP contribution >= 0.6 is 0 Å². The molecular formula is C11H17NO4S. The van der Waals surface area contributed by atoms with Gasteiger partial charge in [-0.15, -0.1) is 0 Å². The highest BCUT2D eigenvalue weighted by Crippen LogP contribution is 2.08. The van der Waals surface area contributed by atoms with Gasteiger partial charge >= 0.3 is 5.97 Å². The third kappa shape index (κ3) is 6.68. The molecule has 0 saturated carbocycles. The van der Waals surface area contributed by atoms with Crippen LogP contribution < -0.4 is 5.32 Å². The van der Waals surface area contributed by atoms with Crippen LogP contribution in [0.5, 0.6) is 0 Å². The van der Waals surface area contributed by atoms with Gasteiger partial charge in [-0.3, -0.25) is 13.8 Å². The van der Waals surface area contributed by atoms with Gasteiger partial charge in [0.2, 0.25) is 5.91 Å². The predicted octanol–water partition coefficient (Wildman–Crippen LogP) is 0.457. The summed E-state index contributed by atoms with van der Waals surface area (Å²) in [7, 11) is -1.25. The average molecular weight is 259 g/mol. The van der Waals surface area contributed by atoms with Gasteiger partial charge in [0, 0.05) is 17.1 Å². The Kier molecular flexibility index (Phi) is 7.13. The third-order valence-corrected chi connectivity index (χ3v) is 2.69. The second kappa shape index (κ2) is 7.78. The van der Waals surface area contributed by atoms with Crippen LogP contribution in [0.2, 0.25) is 0 Å². The van der Waals surface area contributed by atoms with Gasteiger partial charge in [-0.1, -0.05) is 18.7 Å². The smallest absolute Gasteiger partial charge is 0.305 e. The van der Waals surface area contributed by atoms with Crippen molar-refractivity contribution in [2.45, 2.75) is 19.4 Å². The molecule has 0 fully saturated rings. The lowest BCUT2D eigenvalue weighted by Crippen LogP contribution is -2.39. The highest BCUT2D eigenvalue weighted by molar-refractivity contribution is 7.85. The number of hydrogen-bond donors (Lipinski definition) is 2. The van der Waals surface area contributed by atoms with E-state index in [0.29, 0.717) is 5.57 Å². The highest BCUT2D eigenvalue weighted by atomic mass is 32.2. The molecule has 96 valence electrons. The van der Waals surface area contributed by atoms with Gasteiger partial charge < -0.3 is 10.4 Å². The molecule has 17 heavy (non-hydrogen) atoms. The van der Waals surface area contributed by atoms with Gasteiger partial charge in [0.05, 0.1) is 12.5 Å². The molecule has 0 heterocycles. The van der Waals surface area contributed by atoms with Crippen LogP contribution in [-0.4, -0.2) is 39.2 Å². The summed E-state index contributed by atoms with van der Waals surface area (Å²) in [6.45, 7) is 5.29. The topological polar surface area (TPSA) is 83.5 Å². The third-order valence-electron chi connectivity index (χ3n) is 2.02. The zero-order valence-corrected chi connectivity index (χ0v) is 10.8. The Morgan fingerprint density at radius 2 is 2.12 bits per heavy atom.